The molecule has 0 aliphatic heterocycles. The topological polar surface area (TPSA) is 136 Å². The van der Waals surface area contributed by atoms with Gasteiger partial charge in [-0.15, -0.1) is 11.3 Å². The summed E-state index contributed by atoms with van der Waals surface area (Å²) in [5.74, 6) is -2.10. The lowest BCUT2D eigenvalue weighted by molar-refractivity contribution is -0.126. The van der Waals surface area contributed by atoms with Crippen molar-refractivity contribution in [2.24, 2.45) is 7.05 Å². The Bertz CT molecular complexity index is 1730. The number of sulfone groups is 1. The molecule has 0 bridgehead atoms. The molecule has 0 aliphatic rings. The van der Waals surface area contributed by atoms with Gasteiger partial charge in [0.2, 0.25) is 11.8 Å². The summed E-state index contributed by atoms with van der Waals surface area (Å²) in [4.78, 5) is 41.9. The predicted molar refractivity (Wildman–Crippen MR) is 154 cm³/mol. The molecule has 41 heavy (non-hydrogen) atoms. The number of amides is 2. The van der Waals surface area contributed by atoms with Gasteiger partial charge in [0.15, 0.2) is 15.1 Å². The van der Waals surface area contributed by atoms with Gasteiger partial charge in [0.05, 0.1) is 34.4 Å². The first-order valence-electron chi connectivity index (χ1n) is 12.7. The standard InChI is InChI=1S/C28H29FN4O6S2/c1-17(2)39-13-11-30-24(34)16-31-27(36)26(41(37,38)21-7-5-20(29)6-8-21)28-32-22-9-4-18(14-23(22)40-28)19-10-12-33(3)25(35)15-19/h4-10,12,14-15,17,26H,11,13,16H2,1-3H3,(H,30,34)(H,31,36). The third kappa shape index (κ3) is 7.23. The van der Waals surface area contributed by atoms with Gasteiger partial charge in [-0.25, -0.2) is 17.8 Å². The van der Waals surface area contributed by atoms with Gasteiger partial charge in [-0.05, 0) is 67.4 Å². The van der Waals surface area contributed by atoms with Gasteiger partial charge in [-0.2, -0.15) is 0 Å². The molecule has 2 heterocycles. The van der Waals surface area contributed by atoms with Crippen molar-refractivity contribution in [1.29, 1.82) is 0 Å². The van der Waals surface area contributed by atoms with Crippen LogP contribution in [0, 0.1) is 5.82 Å². The number of benzene rings is 2. The molecule has 10 nitrogen and oxygen atoms in total. The Labute approximate surface area is 240 Å². The second-order valence-corrected chi connectivity index (χ2v) is 12.6. The maximum Gasteiger partial charge on any atom is 0.250 e. The van der Waals surface area contributed by atoms with Crippen molar-refractivity contribution < 1.29 is 27.1 Å². The number of halogens is 1. The number of aromatic nitrogens is 2. The van der Waals surface area contributed by atoms with E-state index in [1.807, 2.05) is 13.8 Å². The van der Waals surface area contributed by atoms with Crippen LogP contribution in [0.2, 0.25) is 0 Å². The molecule has 0 fully saturated rings. The Kier molecular flexibility index (Phi) is 9.31. The number of nitrogens with zero attached hydrogens (tertiary/aromatic N) is 2. The zero-order chi connectivity index (χ0) is 29.7. The van der Waals surface area contributed by atoms with Gasteiger partial charge < -0.3 is 19.9 Å². The minimum atomic E-state index is -4.40. The number of pyridine rings is 1. The van der Waals surface area contributed by atoms with E-state index < -0.39 is 39.3 Å². The van der Waals surface area contributed by atoms with Gasteiger partial charge in [0, 0.05) is 25.9 Å². The fraction of sp³-hybridized carbons (Fsp3) is 0.286. The van der Waals surface area contributed by atoms with Gasteiger partial charge in [0.25, 0.3) is 5.56 Å². The molecule has 0 aliphatic carbocycles. The zero-order valence-corrected chi connectivity index (χ0v) is 24.2. The fourth-order valence-corrected chi connectivity index (χ4v) is 6.90. The second kappa shape index (κ2) is 12.7. The van der Waals surface area contributed by atoms with Crippen LogP contribution < -0.4 is 16.2 Å². The van der Waals surface area contributed by atoms with E-state index >= 15 is 0 Å². The minimum Gasteiger partial charge on any atom is -0.377 e. The third-order valence-electron chi connectivity index (χ3n) is 6.06. The molecule has 2 aromatic heterocycles. The number of nitrogens with one attached hydrogen (secondary N) is 2. The van der Waals surface area contributed by atoms with E-state index in [2.05, 4.69) is 15.6 Å². The summed E-state index contributed by atoms with van der Waals surface area (Å²) < 4.78 is 48.3. The van der Waals surface area contributed by atoms with Crippen LogP contribution in [0.5, 0.6) is 0 Å². The van der Waals surface area contributed by atoms with Crippen LogP contribution in [0.25, 0.3) is 21.3 Å². The fourth-order valence-electron chi connectivity index (χ4n) is 3.92. The van der Waals surface area contributed by atoms with Crippen LogP contribution in [-0.2, 0) is 31.2 Å². The number of carbonyl (C=O) groups is 2. The van der Waals surface area contributed by atoms with Gasteiger partial charge >= 0.3 is 0 Å². The maximum atomic E-state index is 13.7. The van der Waals surface area contributed by atoms with Crippen molar-refractivity contribution in [2.75, 3.05) is 19.7 Å². The molecule has 2 amide bonds. The van der Waals surface area contributed by atoms with Crippen molar-refractivity contribution >= 4 is 43.2 Å². The zero-order valence-electron chi connectivity index (χ0n) is 22.6. The molecule has 216 valence electrons. The molecule has 13 heteroatoms. The number of fused-ring (bicyclic) bond motifs is 1. The summed E-state index contributed by atoms with van der Waals surface area (Å²) in [6, 6.07) is 12.6. The maximum absolute atomic E-state index is 13.7. The van der Waals surface area contributed by atoms with E-state index in [4.69, 9.17) is 4.74 Å². The highest BCUT2D eigenvalue weighted by molar-refractivity contribution is 7.92. The van der Waals surface area contributed by atoms with Crippen LogP contribution in [0.3, 0.4) is 0 Å². The van der Waals surface area contributed by atoms with E-state index in [1.54, 1.807) is 37.5 Å². The predicted octanol–water partition coefficient (Wildman–Crippen LogP) is 2.97. The van der Waals surface area contributed by atoms with Crippen molar-refractivity contribution in [3.8, 4) is 11.1 Å². The number of ether oxygens (including phenoxy) is 1. The second-order valence-electron chi connectivity index (χ2n) is 9.47. The molecule has 4 aromatic rings. The minimum absolute atomic E-state index is 0.00558. The van der Waals surface area contributed by atoms with Gasteiger partial charge in [-0.1, -0.05) is 6.07 Å². The van der Waals surface area contributed by atoms with Crippen LogP contribution in [0.15, 0.2) is 70.5 Å². The normalized spacial score (nSPS) is 12.4. The summed E-state index contributed by atoms with van der Waals surface area (Å²) >= 11 is 1.00. The number of thiazole rings is 1. The summed E-state index contributed by atoms with van der Waals surface area (Å²) in [6.07, 6.45) is 1.64. The molecule has 0 radical (unpaired) electrons. The molecule has 0 saturated carbocycles. The third-order valence-corrected chi connectivity index (χ3v) is 9.28. The summed E-state index contributed by atoms with van der Waals surface area (Å²) in [7, 11) is -2.75. The highest BCUT2D eigenvalue weighted by atomic mass is 32.2. The van der Waals surface area contributed by atoms with E-state index in [0.717, 1.165) is 35.6 Å². The first-order valence-corrected chi connectivity index (χ1v) is 15.0. The largest absolute Gasteiger partial charge is 0.377 e. The lowest BCUT2D eigenvalue weighted by Gasteiger charge is -2.16. The lowest BCUT2D eigenvalue weighted by atomic mass is 10.1. The van der Waals surface area contributed by atoms with E-state index in [1.165, 1.54) is 10.6 Å². The van der Waals surface area contributed by atoms with Crippen LogP contribution in [-0.4, -0.2) is 55.6 Å². The first kappa shape index (κ1) is 30.0. The quantitative estimate of drug-likeness (QED) is 0.200. The van der Waals surface area contributed by atoms with Gasteiger partial charge in [-0.3, -0.25) is 14.4 Å². The molecule has 0 saturated heterocycles. The van der Waals surface area contributed by atoms with Crippen LogP contribution in [0.1, 0.15) is 24.1 Å². The molecule has 1 unspecified atom stereocenters. The molecule has 2 N–H and O–H groups in total. The summed E-state index contributed by atoms with van der Waals surface area (Å²) in [5, 5.41) is 3.17. The molecular formula is C28H29FN4O6S2. The Morgan fingerprint density at radius 3 is 2.44 bits per heavy atom. The monoisotopic (exact) mass is 600 g/mol. The van der Waals surface area contributed by atoms with Crippen molar-refractivity contribution in [1.82, 2.24) is 20.2 Å². The number of aryl methyl sites for hydroxylation is 1. The Morgan fingerprint density at radius 1 is 1.05 bits per heavy atom. The molecular weight excluding hydrogens is 571 g/mol. The average Bonchev–Trinajstić information content (AvgIpc) is 3.34. The number of rotatable bonds is 11. The van der Waals surface area contributed by atoms with Crippen molar-refractivity contribution in [3.05, 3.63) is 82.0 Å². The highest BCUT2D eigenvalue weighted by Crippen LogP contribution is 2.36. The number of hydrogen-bond acceptors (Lipinski definition) is 8. The average molecular weight is 601 g/mol. The smallest absolute Gasteiger partial charge is 0.250 e. The molecule has 2 aromatic carbocycles. The van der Waals surface area contributed by atoms with Crippen LogP contribution in [0.4, 0.5) is 4.39 Å². The lowest BCUT2D eigenvalue weighted by Crippen LogP contribution is -2.41. The van der Waals surface area contributed by atoms with Crippen molar-refractivity contribution in [3.63, 3.8) is 0 Å². The van der Waals surface area contributed by atoms with Gasteiger partial charge in [0.1, 0.15) is 10.8 Å². The SMILES string of the molecule is CC(C)OCCNC(=O)CNC(=O)C(c1nc2ccc(-c3ccn(C)c(=O)c3)cc2s1)S(=O)(=O)c1ccc(F)cc1. The van der Waals surface area contributed by atoms with E-state index in [9.17, 15) is 27.2 Å². The van der Waals surface area contributed by atoms with Crippen molar-refractivity contribution in [2.45, 2.75) is 30.1 Å². The molecule has 4 rings (SSSR count). The van der Waals surface area contributed by atoms with E-state index in [-0.39, 0.29) is 34.7 Å². The number of carbonyl (C=O) groups excluding carboxylic acids is 2. The molecule has 0 spiro atoms. The first-order chi connectivity index (χ1) is 19.5. The summed E-state index contributed by atoms with van der Waals surface area (Å²) in [5.41, 5.74) is 1.65. The Morgan fingerprint density at radius 2 is 1.76 bits per heavy atom. The molecule has 1 atom stereocenters. The van der Waals surface area contributed by atoms with Crippen LogP contribution >= 0.6 is 11.3 Å². The Balaban J connectivity index is 1.64. The van der Waals surface area contributed by atoms with E-state index in [0.29, 0.717) is 21.3 Å². The summed E-state index contributed by atoms with van der Waals surface area (Å²) in [6.45, 7) is 3.75. The highest BCUT2D eigenvalue weighted by Gasteiger charge is 2.38. The Hall–Kier alpha value is -3.94. The number of hydrogen-bond donors (Lipinski definition) is 2.